The summed E-state index contributed by atoms with van der Waals surface area (Å²) in [5, 5.41) is 11.9. The molecule has 1 N–H and O–H groups in total. The molecule has 9 heteroatoms. The molecule has 1 aromatic heterocycles. The fourth-order valence-corrected chi connectivity index (χ4v) is 4.41. The van der Waals surface area contributed by atoms with Crippen LogP contribution in [0.25, 0.3) is 17.1 Å². The monoisotopic (exact) mass is 522 g/mol. The number of nitrogens with one attached hydrogen (secondary N) is 1. The van der Waals surface area contributed by atoms with Gasteiger partial charge in [-0.2, -0.15) is 0 Å². The average molecular weight is 523 g/mol. The highest BCUT2D eigenvalue weighted by Crippen LogP contribution is 2.31. The number of hydrogen-bond acceptors (Lipinski definition) is 5. The molecular weight excluding hydrogens is 494 g/mol. The van der Waals surface area contributed by atoms with Crippen LogP contribution in [0.2, 0.25) is 0 Å². The number of hydrogen-bond donors (Lipinski definition) is 1. The number of halogens is 2. The first-order valence-corrected chi connectivity index (χ1v) is 12.8. The van der Waals surface area contributed by atoms with Crippen LogP contribution in [0, 0.1) is 11.6 Å². The predicted octanol–water partition coefficient (Wildman–Crippen LogP) is 6.64. The number of carbonyl (C=O) groups excluding carboxylic acids is 1. The average Bonchev–Trinajstić information content (AvgIpc) is 3.29. The van der Waals surface area contributed by atoms with Crippen LogP contribution in [0.1, 0.15) is 33.3 Å². The molecule has 6 nitrogen and oxygen atoms in total. The summed E-state index contributed by atoms with van der Waals surface area (Å²) in [6.07, 6.45) is 0. The number of anilines is 1. The van der Waals surface area contributed by atoms with Crippen molar-refractivity contribution < 1.29 is 18.3 Å². The Bertz CT molecular complexity index is 1380. The highest BCUT2D eigenvalue weighted by Gasteiger charge is 2.19. The molecule has 0 aliphatic heterocycles. The Morgan fingerprint density at radius 3 is 2.30 bits per heavy atom. The van der Waals surface area contributed by atoms with Crippen LogP contribution in [0.4, 0.5) is 14.5 Å². The standard InChI is InChI=1S/C28H28F2N4O2S/c1-5-36-22-13-11-21(12-14-22)34-26(18-6-8-19(9-7-18)28(2,3)4)32-33-27(34)37-17-25(35)31-20-10-15-23(29)24(30)16-20/h6-16H,5,17H2,1-4H3,(H,31,35). The summed E-state index contributed by atoms with van der Waals surface area (Å²) in [7, 11) is 0. The summed E-state index contributed by atoms with van der Waals surface area (Å²) in [5.74, 6) is -1.00. The minimum atomic E-state index is -1.03. The fraction of sp³-hybridized carbons (Fsp3) is 0.250. The van der Waals surface area contributed by atoms with Crippen LogP contribution in [-0.2, 0) is 10.2 Å². The number of aromatic nitrogens is 3. The number of ether oxygens (including phenoxy) is 1. The van der Waals surface area contributed by atoms with Gasteiger partial charge in [0.25, 0.3) is 0 Å². The molecule has 0 saturated heterocycles. The maximum absolute atomic E-state index is 13.5. The van der Waals surface area contributed by atoms with Crippen LogP contribution in [0.5, 0.6) is 5.75 Å². The predicted molar refractivity (Wildman–Crippen MR) is 142 cm³/mol. The van der Waals surface area contributed by atoms with Crippen molar-refractivity contribution in [2.24, 2.45) is 0 Å². The Labute approximate surface area is 219 Å². The lowest BCUT2D eigenvalue weighted by atomic mass is 9.87. The van der Waals surface area contributed by atoms with Crippen molar-refractivity contribution in [3.63, 3.8) is 0 Å². The molecule has 0 radical (unpaired) electrons. The van der Waals surface area contributed by atoms with Crippen molar-refractivity contribution in [1.29, 1.82) is 0 Å². The zero-order valence-corrected chi connectivity index (χ0v) is 21.9. The van der Waals surface area contributed by atoms with Gasteiger partial charge in [0.2, 0.25) is 5.91 Å². The molecule has 0 aliphatic rings. The molecule has 1 amide bonds. The van der Waals surface area contributed by atoms with Crippen LogP contribution >= 0.6 is 11.8 Å². The zero-order valence-electron chi connectivity index (χ0n) is 21.1. The lowest BCUT2D eigenvalue weighted by Gasteiger charge is -2.19. The normalized spacial score (nSPS) is 11.4. The third-order valence-corrected chi connectivity index (χ3v) is 6.51. The first kappa shape index (κ1) is 26.3. The van der Waals surface area contributed by atoms with E-state index >= 15 is 0 Å². The topological polar surface area (TPSA) is 69.0 Å². The summed E-state index contributed by atoms with van der Waals surface area (Å²) in [5.41, 5.74) is 3.09. The number of nitrogens with zero attached hydrogens (tertiary/aromatic N) is 3. The molecule has 0 fully saturated rings. The third kappa shape index (κ3) is 6.35. The third-order valence-electron chi connectivity index (χ3n) is 5.58. The Morgan fingerprint density at radius 1 is 0.973 bits per heavy atom. The van der Waals surface area contributed by atoms with Crippen molar-refractivity contribution in [2.45, 2.75) is 38.3 Å². The van der Waals surface area contributed by atoms with E-state index in [1.54, 1.807) is 0 Å². The van der Waals surface area contributed by atoms with Crippen LogP contribution in [0.3, 0.4) is 0 Å². The van der Waals surface area contributed by atoms with Gasteiger partial charge >= 0.3 is 0 Å². The Balaban J connectivity index is 1.61. The molecule has 0 spiro atoms. The van der Waals surface area contributed by atoms with Crippen LogP contribution < -0.4 is 10.1 Å². The summed E-state index contributed by atoms with van der Waals surface area (Å²) in [6, 6.07) is 19.0. The molecule has 3 aromatic carbocycles. The molecule has 0 unspecified atom stereocenters. The lowest BCUT2D eigenvalue weighted by molar-refractivity contribution is -0.113. The van der Waals surface area contributed by atoms with Gasteiger partial charge in [-0.05, 0) is 54.3 Å². The first-order chi connectivity index (χ1) is 17.7. The molecule has 0 bridgehead atoms. The molecule has 4 rings (SSSR count). The van der Waals surface area contributed by atoms with Crippen molar-refractivity contribution in [2.75, 3.05) is 17.7 Å². The van der Waals surface area contributed by atoms with E-state index in [1.807, 2.05) is 47.9 Å². The molecule has 0 saturated carbocycles. The number of benzene rings is 3. The van der Waals surface area contributed by atoms with Gasteiger partial charge in [-0.25, -0.2) is 8.78 Å². The number of amides is 1. The first-order valence-electron chi connectivity index (χ1n) is 11.8. The molecule has 0 aliphatic carbocycles. The molecule has 192 valence electrons. The molecular formula is C28H28F2N4O2S. The summed E-state index contributed by atoms with van der Waals surface area (Å²) < 4.78 is 34.1. The van der Waals surface area contributed by atoms with E-state index in [0.717, 1.165) is 29.1 Å². The minimum absolute atomic E-state index is 0.00286. The van der Waals surface area contributed by atoms with E-state index in [-0.39, 0.29) is 22.8 Å². The van der Waals surface area contributed by atoms with E-state index in [9.17, 15) is 13.6 Å². The minimum Gasteiger partial charge on any atom is -0.494 e. The number of thioether (sulfide) groups is 1. The van der Waals surface area contributed by atoms with Gasteiger partial charge in [0.15, 0.2) is 22.6 Å². The quantitative estimate of drug-likeness (QED) is 0.263. The smallest absolute Gasteiger partial charge is 0.234 e. The Morgan fingerprint density at radius 2 is 1.68 bits per heavy atom. The van der Waals surface area contributed by atoms with Gasteiger partial charge in [-0.15, -0.1) is 10.2 Å². The summed E-state index contributed by atoms with van der Waals surface area (Å²) >= 11 is 1.19. The van der Waals surface area contributed by atoms with Gasteiger partial charge in [0.1, 0.15) is 5.75 Å². The van der Waals surface area contributed by atoms with E-state index in [4.69, 9.17) is 4.74 Å². The van der Waals surface area contributed by atoms with Gasteiger partial charge in [0, 0.05) is 23.0 Å². The van der Waals surface area contributed by atoms with Gasteiger partial charge in [-0.1, -0.05) is 56.8 Å². The van der Waals surface area contributed by atoms with Crippen LogP contribution in [0.15, 0.2) is 71.9 Å². The van der Waals surface area contributed by atoms with Crippen molar-refractivity contribution >= 4 is 23.4 Å². The number of carbonyl (C=O) groups is 1. The van der Waals surface area contributed by atoms with Crippen LogP contribution in [-0.4, -0.2) is 33.0 Å². The van der Waals surface area contributed by atoms with Crippen molar-refractivity contribution in [1.82, 2.24) is 14.8 Å². The molecule has 0 atom stereocenters. The second-order valence-corrected chi connectivity index (χ2v) is 10.3. The molecule has 1 heterocycles. The van der Waals surface area contributed by atoms with E-state index in [0.29, 0.717) is 17.6 Å². The second kappa shape index (κ2) is 11.1. The van der Waals surface area contributed by atoms with E-state index < -0.39 is 11.6 Å². The number of rotatable bonds is 8. The lowest BCUT2D eigenvalue weighted by Crippen LogP contribution is -2.15. The van der Waals surface area contributed by atoms with Gasteiger partial charge in [-0.3, -0.25) is 9.36 Å². The van der Waals surface area contributed by atoms with E-state index in [2.05, 4.69) is 48.4 Å². The zero-order chi connectivity index (χ0) is 26.6. The summed E-state index contributed by atoms with van der Waals surface area (Å²) in [4.78, 5) is 12.5. The fourth-order valence-electron chi connectivity index (χ4n) is 3.66. The Hall–Kier alpha value is -3.72. The molecule has 37 heavy (non-hydrogen) atoms. The van der Waals surface area contributed by atoms with Crippen molar-refractivity contribution in [3.8, 4) is 22.8 Å². The van der Waals surface area contributed by atoms with Crippen molar-refractivity contribution in [3.05, 3.63) is 83.9 Å². The summed E-state index contributed by atoms with van der Waals surface area (Å²) in [6.45, 7) is 8.96. The largest absolute Gasteiger partial charge is 0.494 e. The maximum Gasteiger partial charge on any atom is 0.234 e. The van der Waals surface area contributed by atoms with Gasteiger partial charge < -0.3 is 10.1 Å². The SMILES string of the molecule is CCOc1ccc(-n2c(SCC(=O)Nc3ccc(F)c(F)c3)nnc2-c2ccc(C(C)(C)C)cc2)cc1. The van der Waals surface area contributed by atoms with E-state index in [1.165, 1.54) is 23.4 Å². The molecule has 4 aromatic rings. The second-order valence-electron chi connectivity index (χ2n) is 9.36. The Kier molecular flexibility index (Phi) is 7.92. The highest BCUT2D eigenvalue weighted by molar-refractivity contribution is 7.99. The highest BCUT2D eigenvalue weighted by atomic mass is 32.2. The van der Waals surface area contributed by atoms with Gasteiger partial charge in [0.05, 0.1) is 12.4 Å². The maximum atomic E-state index is 13.5.